The first-order valence-electron chi connectivity index (χ1n) is 7.46. The van der Waals surface area contributed by atoms with Crippen LogP contribution in [0.4, 0.5) is 0 Å². The Kier molecular flexibility index (Phi) is 6.55. The largest absolute Gasteiger partial charge is 0.491 e. The number of thiophene rings is 1. The van der Waals surface area contributed by atoms with Gasteiger partial charge in [0.2, 0.25) is 0 Å². The van der Waals surface area contributed by atoms with Gasteiger partial charge in [-0.05, 0) is 55.2 Å². The van der Waals surface area contributed by atoms with Gasteiger partial charge in [0.05, 0.1) is 12.6 Å². The van der Waals surface area contributed by atoms with E-state index in [2.05, 4.69) is 17.6 Å². The lowest BCUT2D eigenvalue weighted by Crippen LogP contribution is -2.38. The maximum Gasteiger partial charge on any atom is 0.257 e. The first-order chi connectivity index (χ1) is 11.1. The van der Waals surface area contributed by atoms with Crippen LogP contribution in [0.1, 0.15) is 35.5 Å². The van der Waals surface area contributed by atoms with Gasteiger partial charge in [0.1, 0.15) is 5.75 Å². The molecule has 0 spiro atoms. The molecule has 0 saturated heterocycles. The zero-order valence-corrected chi connectivity index (χ0v) is 14.8. The van der Waals surface area contributed by atoms with Crippen LogP contribution in [-0.4, -0.2) is 17.1 Å². The number of hydrogen-bond donors (Lipinski definition) is 2. The average Bonchev–Trinajstić information content (AvgIpc) is 3.06. The number of nitrogens with one attached hydrogen (secondary N) is 2. The zero-order chi connectivity index (χ0) is 16.7. The first kappa shape index (κ1) is 17.4. The Hall–Kier alpha value is -1.92. The number of rotatable bonds is 6. The minimum absolute atomic E-state index is 0.113. The van der Waals surface area contributed by atoms with Crippen LogP contribution in [0.5, 0.6) is 5.75 Å². The van der Waals surface area contributed by atoms with Gasteiger partial charge in [-0.3, -0.25) is 10.1 Å². The third kappa shape index (κ3) is 5.65. The number of thiocarbonyl (C=S) groups is 1. The molecular weight excluding hydrogens is 328 g/mol. The van der Waals surface area contributed by atoms with Gasteiger partial charge >= 0.3 is 0 Å². The van der Waals surface area contributed by atoms with E-state index in [4.69, 9.17) is 17.0 Å². The summed E-state index contributed by atoms with van der Waals surface area (Å²) in [5, 5.41) is 8.02. The first-order valence-corrected chi connectivity index (χ1v) is 8.75. The van der Waals surface area contributed by atoms with Crippen molar-refractivity contribution in [2.75, 3.05) is 0 Å². The SMILES string of the molecule is CCC(C)Oc1cccc(C(=O)NC(=S)NCc2cccs2)c1. The summed E-state index contributed by atoms with van der Waals surface area (Å²) in [6, 6.07) is 11.1. The Labute approximate surface area is 145 Å². The topological polar surface area (TPSA) is 50.4 Å². The van der Waals surface area contributed by atoms with E-state index in [1.165, 1.54) is 0 Å². The average molecular weight is 348 g/mol. The molecule has 0 aliphatic rings. The summed E-state index contributed by atoms with van der Waals surface area (Å²) in [5.74, 6) is 0.438. The summed E-state index contributed by atoms with van der Waals surface area (Å²) in [4.78, 5) is 13.4. The predicted octanol–water partition coefficient (Wildman–Crippen LogP) is 3.73. The highest BCUT2D eigenvalue weighted by molar-refractivity contribution is 7.80. The molecule has 1 atom stereocenters. The van der Waals surface area contributed by atoms with E-state index < -0.39 is 0 Å². The highest BCUT2D eigenvalue weighted by Crippen LogP contribution is 2.16. The molecule has 23 heavy (non-hydrogen) atoms. The molecule has 1 unspecified atom stereocenters. The minimum atomic E-state index is -0.247. The van der Waals surface area contributed by atoms with Gasteiger partial charge in [-0.2, -0.15) is 0 Å². The second-order valence-corrected chi connectivity index (χ2v) is 6.52. The molecule has 1 aromatic heterocycles. The van der Waals surface area contributed by atoms with Crippen molar-refractivity contribution in [1.29, 1.82) is 0 Å². The molecule has 1 heterocycles. The van der Waals surface area contributed by atoms with Crippen molar-refractivity contribution in [3.8, 4) is 5.75 Å². The van der Waals surface area contributed by atoms with Gasteiger partial charge < -0.3 is 10.1 Å². The van der Waals surface area contributed by atoms with E-state index in [-0.39, 0.29) is 12.0 Å². The van der Waals surface area contributed by atoms with Crippen molar-refractivity contribution in [3.63, 3.8) is 0 Å². The Balaban J connectivity index is 1.89. The molecule has 0 radical (unpaired) electrons. The molecule has 2 aromatic rings. The number of benzene rings is 1. The van der Waals surface area contributed by atoms with Crippen LogP contribution in [0.25, 0.3) is 0 Å². The Morgan fingerprint density at radius 3 is 2.87 bits per heavy atom. The fourth-order valence-electron chi connectivity index (χ4n) is 1.83. The van der Waals surface area contributed by atoms with Crippen molar-refractivity contribution in [1.82, 2.24) is 10.6 Å². The van der Waals surface area contributed by atoms with Crippen LogP contribution in [0.2, 0.25) is 0 Å². The van der Waals surface area contributed by atoms with Crippen LogP contribution in [-0.2, 0) is 6.54 Å². The zero-order valence-electron chi connectivity index (χ0n) is 13.2. The molecule has 0 fully saturated rings. The number of ether oxygens (including phenoxy) is 1. The molecule has 0 aliphatic carbocycles. The van der Waals surface area contributed by atoms with E-state index in [1.54, 1.807) is 29.5 Å². The molecule has 1 amide bonds. The Bertz CT molecular complexity index is 656. The second-order valence-electron chi connectivity index (χ2n) is 5.08. The van der Waals surface area contributed by atoms with Gasteiger partial charge in [0.25, 0.3) is 5.91 Å². The van der Waals surface area contributed by atoms with Crippen molar-refractivity contribution in [3.05, 3.63) is 52.2 Å². The summed E-state index contributed by atoms with van der Waals surface area (Å²) in [6.45, 7) is 4.66. The van der Waals surface area contributed by atoms with Crippen LogP contribution in [0, 0.1) is 0 Å². The van der Waals surface area contributed by atoms with Crippen LogP contribution in [0.3, 0.4) is 0 Å². The minimum Gasteiger partial charge on any atom is -0.491 e. The smallest absolute Gasteiger partial charge is 0.257 e. The fourth-order valence-corrected chi connectivity index (χ4v) is 2.64. The van der Waals surface area contributed by atoms with Crippen molar-refractivity contribution in [2.45, 2.75) is 32.9 Å². The summed E-state index contributed by atoms with van der Waals surface area (Å²) >= 11 is 6.79. The summed E-state index contributed by atoms with van der Waals surface area (Å²) < 4.78 is 5.73. The van der Waals surface area contributed by atoms with Crippen LogP contribution in [0.15, 0.2) is 41.8 Å². The number of hydrogen-bond acceptors (Lipinski definition) is 4. The summed E-state index contributed by atoms with van der Waals surface area (Å²) in [5.41, 5.74) is 0.520. The van der Waals surface area contributed by atoms with Crippen LogP contribution >= 0.6 is 23.6 Å². The van der Waals surface area contributed by atoms with Gasteiger partial charge in [0, 0.05) is 10.4 Å². The molecule has 2 N–H and O–H groups in total. The van der Waals surface area contributed by atoms with Gasteiger partial charge in [-0.1, -0.05) is 19.1 Å². The van der Waals surface area contributed by atoms with E-state index >= 15 is 0 Å². The lowest BCUT2D eigenvalue weighted by atomic mass is 10.2. The third-order valence-electron chi connectivity index (χ3n) is 3.24. The normalized spacial score (nSPS) is 11.6. The molecule has 2 rings (SSSR count). The number of carbonyl (C=O) groups is 1. The molecule has 6 heteroatoms. The van der Waals surface area contributed by atoms with Crippen LogP contribution < -0.4 is 15.4 Å². The fraction of sp³-hybridized carbons (Fsp3) is 0.294. The molecule has 0 saturated carbocycles. The lowest BCUT2D eigenvalue weighted by Gasteiger charge is -2.13. The van der Waals surface area contributed by atoms with E-state index in [0.29, 0.717) is 23.0 Å². The van der Waals surface area contributed by atoms with Crippen molar-refractivity contribution >= 4 is 34.6 Å². The molecule has 4 nitrogen and oxygen atoms in total. The monoisotopic (exact) mass is 348 g/mol. The third-order valence-corrected chi connectivity index (χ3v) is 4.36. The molecule has 122 valence electrons. The molecular formula is C17H20N2O2S2. The van der Waals surface area contributed by atoms with Gasteiger partial charge in [-0.25, -0.2) is 0 Å². The molecule has 0 bridgehead atoms. The summed E-state index contributed by atoms with van der Waals surface area (Å²) in [7, 11) is 0. The maximum absolute atomic E-state index is 12.2. The molecule has 1 aromatic carbocycles. The molecule has 0 aliphatic heterocycles. The van der Waals surface area contributed by atoms with Gasteiger partial charge in [0.15, 0.2) is 5.11 Å². The summed E-state index contributed by atoms with van der Waals surface area (Å²) in [6.07, 6.45) is 1.02. The quantitative estimate of drug-likeness (QED) is 0.781. The predicted molar refractivity (Wildman–Crippen MR) is 98.0 cm³/mol. The Morgan fingerprint density at radius 2 is 2.17 bits per heavy atom. The number of amides is 1. The highest BCUT2D eigenvalue weighted by atomic mass is 32.1. The Morgan fingerprint density at radius 1 is 1.35 bits per heavy atom. The lowest BCUT2D eigenvalue weighted by molar-refractivity contribution is 0.0976. The van der Waals surface area contributed by atoms with E-state index in [1.807, 2.05) is 30.5 Å². The van der Waals surface area contributed by atoms with E-state index in [9.17, 15) is 4.79 Å². The number of carbonyl (C=O) groups excluding carboxylic acids is 1. The van der Waals surface area contributed by atoms with E-state index in [0.717, 1.165) is 11.3 Å². The standard InChI is InChI=1S/C17H20N2O2S2/c1-3-12(2)21-14-7-4-6-13(10-14)16(20)19-17(22)18-11-15-8-5-9-23-15/h4-10,12H,3,11H2,1-2H3,(H2,18,19,20,22). The maximum atomic E-state index is 12.2. The second kappa shape index (κ2) is 8.64. The highest BCUT2D eigenvalue weighted by Gasteiger charge is 2.10. The van der Waals surface area contributed by atoms with Crippen molar-refractivity contribution < 1.29 is 9.53 Å². The van der Waals surface area contributed by atoms with Gasteiger partial charge in [-0.15, -0.1) is 11.3 Å². The van der Waals surface area contributed by atoms with Crippen molar-refractivity contribution in [2.24, 2.45) is 0 Å².